The summed E-state index contributed by atoms with van der Waals surface area (Å²) in [6.45, 7) is 0.0957. The van der Waals surface area contributed by atoms with Crippen molar-refractivity contribution in [3.63, 3.8) is 0 Å². The Morgan fingerprint density at radius 2 is 2.50 bits per heavy atom. The summed E-state index contributed by atoms with van der Waals surface area (Å²) in [4.78, 5) is 0.174. The maximum absolute atomic E-state index is 9.79. The summed E-state index contributed by atoms with van der Waals surface area (Å²) >= 11 is 2.38. The van der Waals surface area contributed by atoms with Gasteiger partial charge in [0, 0.05) is 0 Å². The van der Waals surface area contributed by atoms with E-state index in [0.717, 1.165) is 0 Å². The van der Waals surface area contributed by atoms with Gasteiger partial charge in [-0.1, -0.05) is 12.2 Å². The Morgan fingerprint density at radius 3 is 2.62 bits per heavy atom. The van der Waals surface area contributed by atoms with Crippen molar-refractivity contribution in [2.75, 3.05) is 6.54 Å². The molecule has 0 aromatic heterocycles. The van der Waals surface area contributed by atoms with Gasteiger partial charge in [-0.25, -0.2) is 8.93 Å². The van der Waals surface area contributed by atoms with Crippen molar-refractivity contribution in [3.8, 4) is 0 Å². The topological polar surface area (TPSA) is 75.3 Å². The third-order valence-electron chi connectivity index (χ3n) is 0.370. The monoisotopic (exact) mass is 154 g/mol. The van der Waals surface area contributed by atoms with Crippen molar-refractivity contribution in [2.45, 2.75) is 0 Å². The Morgan fingerprint density at radius 1 is 2.00 bits per heavy atom. The molecule has 0 rings (SSSR count). The second kappa shape index (κ2) is 3.90. The van der Waals surface area contributed by atoms with Crippen LogP contribution >= 0.6 is 12.2 Å². The van der Waals surface area contributed by atoms with Gasteiger partial charge in [0.15, 0.2) is 0 Å². The number of thiocarbonyl (C=S) groups is 1. The molecule has 0 amide bonds. The third-order valence-corrected chi connectivity index (χ3v) is 0.906. The molecule has 1 atom stereocenters. The maximum Gasteiger partial charge on any atom is 0.232 e. The predicted octanol–water partition coefficient (Wildman–Crippen LogP) is -1.00. The van der Waals surface area contributed by atoms with E-state index in [2.05, 4.69) is 16.9 Å². The van der Waals surface area contributed by atoms with E-state index >= 15 is 0 Å². The second-order valence-electron chi connectivity index (χ2n) is 1.04. The first-order valence-corrected chi connectivity index (χ1v) is 3.27. The Kier molecular flexibility index (Phi) is 3.88. The minimum atomic E-state index is -2.00. The van der Waals surface area contributed by atoms with Gasteiger partial charge in [-0.3, -0.25) is 4.55 Å². The van der Waals surface area contributed by atoms with Crippen molar-refractivity contribution in [1.82, 2.24) is 4.72 Å². The van der Waals surface area contributed by atoms with Crippen LogP contribution in [-0.4, -0.2) is 20.3 Å². The molecule has 1 unspecified atom stereocenters. The summed E-state index contributed by atoms with van der Waals surface area (Å²) in [5.74, 6) is 0. The van der Waals surface area contributed by atoms with Gasteiger partial charge in [0.25, 0.3) is 0 Å². The fourth-order valence-electron chi connectivity index (χ4n) is 0.133. The molecule has 0 aliphatic rings. The molecule has 0 bridgehead atoms. The molecule has 6 heteroatoms. The van der Waals surface area contributed by atoms with Crippen LogP contribution in [0.15, 0.2) is 0 Å². The van der Waals surface area contributed by atoms with E-state index in [-0.39, 0.29) is 11.5 Å². The highest BCUT2D eigenvalue weighted by Crippen LogP contribution is 1.63. The minimum Gasteiger partial charge on any atom is -0.392 e. The van der Waals surface area contributed by atoms with Crippen molar-refractivity contribution in [2.24, 2.45) is 5.73 Å². The quantitative estimate of drug-likeness (QED) is 0.360. The molecule has 0 aliphatic carbocycles. The van der Waals surface area contributed by atoms with Gasteiger partial charge in [0.2, 0.25) is 11.3 Å². The lowest BCUT2D eigenvalue weighted by molar-refractivity contribution is 0.554. The lowest BCUT2D eigenvalue weighted by atomic mass is 10.7. The smallest absolute Gasteiger partial charge is 0.232 e. The van der Waals surface area contributed by atoms with Crippen LogP contribution in [0.5, 0.6) is 0 Å². The van der Waals surface area contributed by atoms with Gasteiger partial charge in [-0.2, -0.15) is 0 Å². The molecule has 48 valence electrons. The number of nitrogens with two attached hydrogens (primary N) is 1. The summed E-state index contributed by atoms with van der Waals surface area (Å²) in [6.07, 6.45) is 0. The first-order chi connectivity index (χ1) is 3.63. The summed E-state index contributed by atoms with van der Waals surface area (Å²) in [6, 6.07) is 0. The average molecular weight is 154 g/mol. The molecular weight excluding hydrogens is 148 g/mol. The van der Waals surface area contributed by atoms with Crippen molar-refractivity contribution < 1.29 is 8.76 Å². The molecule has 0 radical (unpaired) electrons. The highest BCUT2D eigenvalue weighted by Gasteiger charge is 1.90. The van der Waals surface area contributed by atoms with E-state index in [1.54, 1.807) is 0 Å². The minimum absolute atomic E-state index is 0.0957. The van der Waals surface area contributed by atoms with Crippen LogP contribution < -0.4 is 10.5 Å². The Bertz CT molecular complexity index is 101. The van der Waals surface area contributed by atoms with E-state index in [1.807, 2.05) is 0 Å². The second-order valence-corrected chi connectivity index (χ2v) is 2.35. The fourth-order valence-corrected chi connectivity index (χ4v) is 0.575. The number of rotatable bonds is 3. The van der Waals surface area contributed by atoms with Crippen LogP contribution in [0, 0.1) is 0 Å². The van der Waals surface area contributed by atoms with Gasteiger partial charge in [0.05, 0.1) is 11.5 Å². The van der Waals surface area contributed by atoms with Gasteiger partial charge >= 0.3 is 0 Å². The first kappa shape index (κ1) is 7.96. The Balaban J connectivity index is 3.18. The first-order valence-electron chi connectivity index (χ1n) is 1.75. The number of hydrogen-bond acceptors (Lipinski definition) is 2. The zero-order valence-corrected chi connectivity index (χ0v) is 5.59. The Labute approximate surface area is 54.9 Å². The van der Waals surface area contributed by atoms with E-state index in [1.165, 1.54) is 0 Å². The third kappa shape index (κ3) is 5.96. The summed E-state index contributed by atoms with van der Waals surface area (Å²) in [5.41, 5.74) is 4.96. The molecule has 0 heterocycles. The molecule has 0 saturated heterocycles. The van der Waals surface area contributed by atoms with E-state index in [9.17, 15) is 4.21 Å². The zero-order chi connectivity index (χ0) is 6.57. The highest BCUT2D eigenvalue weighted by atomic mass is 32.2. The van der Waals surface area contributed by atoms with Crippen LogP contribution in [0.4, 0.5) is 0 Å². The van der Waals surface area contributed by atoms with Crippen LogP contribution in [0.2, 0.25) is 0 Å². The van der Waals surface area contributed by atoms with Gasteiger partial charge in [-0.15, -0.1) is 0 Å². The number of nitrogens with one attached hydrogen (secondary N) is 1. The van der Waals surface area contributed by atoms with Gasteiger partial charge < -0.3 is 5.73 Å². The van der Waals surface area contributed by atoms with E-state index < -0.39 is 11.3 Å². The molecule has 4 N–H and O–H groups in total. The van der Waals surface area contributed by atoms with Crippen molar-refractivity contribution >= 4 is 28.5 Å². The molecule has 4 nitrogen and oxygen atoms in total. The fraction of sp³-hybridized carbons (Fsp3) is 0.500. The van der Waals surface area contributed by atoms with Crippen LogP contribution in [0.1, 0.15) is 0 Å². The molecule has 0 aromatic carbocycles. The molecule has 8 heavy (non-hydrogen) atoms. The lowest BCUT2D eigenvalue weighted by Crippen LogP contribution is -2.28. The summed E-state index contributed by atoms with van der Waals surface area (Å²) in [7, 11) is 0. The molecule has 0 saturated carbocycles. The average Bonchev–Trinajstić information content (AvgIpc) is 1.61. The standard InChI is InChI=1S/C2H6N2O2S2/c3-2(7)1-4-8(5)6/h4H,1H2,(H2,3,7)(H,5,6). The summed E-state index contributed by atoms with van der Waals surface area (Å²) < 4.78 is 19.9. The maximum atomic E-state index is 9.79. The highest BCUT2D eigenvalue weighted by molar-refractivity contribution is 7.80. The molecular formula is C2H6N2O2S2. The van der Waals surface area contributed by atoms with E-state index in [0.29, 0.717) is 0 Å². The largest absolute Gasteiger partial charge is 0.392 e. The van der Waals surface area contributed by atoms with Gasteiger partial charge in [-0.05, 0) is 0 Å². The van der Waals surface area contributed by atoms with Crippen molar-refractivity contribution in [1.29, 1.82) is 0 Å². The Hall–Kier alpha value is -0.0400. The normalized spacial score (nSPS) is 13.1. The lowest BCUT2D eigenvalue weighted by Gasteiger charge is -1.93. The molecule has 0 fully saturated rings. The van der Waals surface area contributed by atoms with Gasteiger partial charge in [0.1, 0.15) is 0 Å². The predicted molar refractivity (Wildman–Crippen MR) is 35.6 cm³/mol. The SMILES string of the molecule is NC(=S)CNS(=O)O. The van der Waals surface area contributed by atoms with E-state index in [4.69, 9.17) is 10.3 Å². The van der Waals surface area contributed by atoms with Crippen LogP contribution in [0.3, 0.4) is 0 Å². The summed E-state index contributed by atoms with van der Waals surface area (Å²) in [5, 5.41) is 0. The van der Waals surface area contributed by atoms with Crippen LogP contribution in [-0.2, 0) is 11.3 Å². The zero-order valence-electron chi connectivity index (χ0n) is 3.96. The molecule has 0 aliphatic heterocycles. The molecule has 0 aromatic rings. The van der Waals surface area contributed by atoms with Crippen molar-refractivity contribution in [3.05, 3.63) is 0 Å². The number of hydrogen-bond donors (Lipinski definition) is 3. The van der Waals surface area contributed by atoms with Crippen LogP contribution in [0.25, 0.3) is 0 Å². The molecule has 0 spiro atoms.